The predicted octanol–water partition coefficient (Wildman–Crippen LogP) is 6.00. The number of carbonyl (C=O) groups is 1. The van der Waals surface area contributed by atoms with E-state index in [1.165, 1.54) is 6.07 Å². The van der Waals surface area contributed by atoms with E-state index in [0.717, 1.165) is 49.5 Å². The summed E-state index contributed by atoms with van der Waals surface area (Å²) in [5.74, 6) is -1.06. The first-order valence-corrected chi connectivity index (χ1v) is 15.0. The number of nitrogens with zero attached hydrogens (tertiary/aromatic N) is 3. The Balaban J connectivity index is 1.14. The summed E-state index contributed by atoms with van der Waals surface area (Å²) in [4.78, 5) is 22.7. The summed E-state index contributed by atoms with van der Waals surface area (Å²) in [7, 11) is 0. The number of amidine groups is 1. The maximum atomic E-state index is 16.1. The minimum Gasteiger partial charge on any atom is -0.490 e. The smallest absolute Gasteiger partial charge is 0.311 e. The quantitative estimate of drug-likeness (QED) is 0.354. The first kappa shape index (κ1) is 28.8. The Kier molecular flexibility index (Phi) is 7.62. The van der Waals surface area contributed by atoms with Crippen LogP contribution in [0.1, 0.15) is 69.9 Å². The molecule has 0 amide bonds. The Morgan fingerprint density at radius 2 is 1.83 bits per heavy atom. The molecule has 2 saturated heterocycles. The number of benzene rings is 2. The first-order valence-electron chi connectivity index (χ1n) is 15.0. The van der Waals surface area contributed by atoms with Crippen molar-refractivity contribution in [2.75, 3.05) is 39.4 Å². The molecule has 2 aromatic rings. The highest BCUT2D eigenvalue weighted by Crippen LogP contribution is 2.49. The van der Waals surface area contributed by atoms with Crippen LogP contribution in [-0.2, 0) is 20.9 Å². The number of piperidine rings is 1. The van der Waals surface area contributed by atoms with Gasteiger partial charge in [0.2, 0.25) is 0 Å². The Labute approximate surface area is 244 Å². The van der Waals surface area contributed by atoms with E-state index in [-0.39, 0.29) is 35.4 Å². The second-order valence-corrected chi connectivity index (χ2v) is 12.3. The van der Waals surface area contributed by atoms with E-state index in [1.807, 2.05) is 19.9 Å². The average Bonchev–Trinajstić information content (AvgIpc) is 3.69. The van der Waals surface area contributed by atoms with Crippen molar-refractivity contribution in [1.82, 2.24) is 9.80 Å². The van der Waals surface area contributed by atoms with Crippen molar-refractivity contribution in [1.29, 1.82) is 0 Å². The van der Waals surface area contributed by atoms with E-state index in [2.05, 4.69) is 15.0 Å². The number of carbonyl (C=O) groups excluding carboxylic acids is 1. The second-order valence-electron chi connectivity index (χ2n) is 12.3. The molecule has 6 rings (SSSR count). The van der Waals surface area contributed by atoms with Crippen LogP contribution in [0.2, 0.25) is 0 Å². The molecule has 3 aliphatic heterocycles. The molecule has 42 heavy (non-hydrogen) atoms. The molecule has 3 fully saturated rings. The van der Waals surface area contributed by atoms with Crippen molar-refractivity contribution < 1.29 is 32.3 Å². The number of hydrogen-bond donors (Lipinski definition) is 0. The molecule has 3 heterocycles. The van der Waals surface area contributed by atoms with Crippen molar-refractivity contribution in [2.45, 2.75) is 70.9 Å². The minimum atomic E-state index is -0.788. The molecule has 226 valence electrons. The molecule has 0 unspecified atom stereocenters. The van der Waals surface area contributed by atoms with Crippen molar-refractivity contribution in [3.8, 4) is 16.9 Å². The lowest BCUT2D eigenvalue weighted by atomic mass is 9.80. The third kappa shape index (κ3) is 5.34. The molecule has 1 aliphatic carbocycles. The number of oxime groups is 1. The van der Waals surface area contributed by atoms with Crippen LogP contribution in [0.5, 0.6) is 5.75 Å². The van der Waals surface area contributed by atoms with Gasteiger partial charge in [0.15, 0.2) is 17.2 Å². The molecule has 0 N–H and O–H groups in total. The Morgan fingerprint density at radius 3 is 2.48 bits per heavy atom. The molecule has 0 radical (unpaired) electrons. The third-order valence-electron chi connectivity index (χ3n) is 9.08. The zero-order valence-corrected chi connectivity index (χ0v) is 24.5. The van der Waals surface area contributed by atoms with E-state index in [4.69, 9.17) is 14.3 Å². The number of esters is 1. The Morgan fingerprint density at radius 1 is 1.10 bits per heavy atom. The molecule has 0 aromatic heterocycles. The monoisotopic (exact) mass is 585 g/mol. The molecule has 0 bridgehead atoms. The highest BCUT2D eigenvalue weighted by atomic mass is 19.1. The van der Waals surface area contributed by atoms with Crippen LogP contribution in [0, 0.1) is 22.9 Å². The molecule has 1 saturated carbocycles. The van der Waals surface area contributed by atoms with Crippen molar-refractivity contribution >= 4 is 11.8 Å². The van der Waals surface area contributed by atoms with Gasteiger partial charge in [0, 0.05) is 55.5 Å². The fraction of sp³-hybridized carbons (Fsp3) is 0.562. The molecule has 4 aliphatic rings. The van der Waals surface area contributed by atoms with Crippen molar-refractivity contribution in [3.63, 3.8) is 0 Å². The fourth-order valence-electron chi connectivity index (χ4n) is 6.54. The SMILES string of the molecule is CCOC(=O)C1(C)CCN(C2=NOC3(C2)CN(Cc2cc(C4CC4)c(-c4ccc(F)cc4F)c(F)c2OCC)C3)CC1. The molecule has 2 aromatic carbocycles. The van der Waals surface area contributed by atoms with Gasteiger partial charge in [0.25, 0.3) is 0 Å². The maximum Gasteiger partial charge on any atom is 0.311 e. The lowest BCUT2D eigenvalue weighted by Crippen LogP contribution is -2.61. The van der Waals surface area contributed by atoms with Crippen LogP contribution in [0.15, 0.2) is 29.4 Å². The maximum absolute atomic E-state index is 16.1. The number of likely N-dealkylation sites (tertiary alicyclic amines) is 2. The number of ether oxygens (including phenoxy) is 2. The highest BCUT2D eigenvalue weighted by Gasteiger charge is 2.51. The summed E-state index contributed by atoms with van der Waals surface area (Å²) in [5, 5.41) is 4.42. The largest absolute Gasteiger partial charge is 0.490 e. The van der Waals surface area contributed by atoms with E-state index >= 15 is 4.39 Å². The topological polar surface area (TPSA) is 63.6 Å². The van der Waals surface area contributed by atoms with E-state index in [0.29, 0.717) is 51.1 Å². The van der Waals surface area contributed by atoms with Crippen LogP contribution >= 0.6 is 0 Å². The highest BCUT2D eigenvalue weighted by molar-refractivity contribution is 5.85. The zero-order chi connectivity index (χ0) is 29.6. The second kappa shape index (κ2) is 11.1. The van der Waals surface area contributed by atoms with Crippen LogP contribution < -0.4 is 4.74 Å². The third-order valence-corrected chi connectivity index (χ3v) is 9.08. The van der Waals surface area contributed by atoms with Gasteiger partial charge in [0.1, 0.15) is 17.5 Å². The van der Waals surface area contributed by atoms with Crippen molar-refractivity contribution in [3.05, 3.63) is 52.8 Å². The van der Waals surface area contributed by atoms with Gasteiger partial charge in [-0.3, -0.25) is 9.69 Å². The van der Waals surface area contributed by atoms with E-state index in [9.17, 15) is 13.6 Å². The molecule has 1 spiro atoms. The van der Waals surface area contributed by atoms with Gasteiger partial charge in [-0.1, -0.05) is 5.16 Å². The average molecular weight is 586 g/mol. The standard InChI is InChI=1S/C32H38F3N3O4/c1-4-40-29-21(14-24(20-6-7-20)27(28(29)35)23-9-8-22(33)15-25(23)34)17-37-18-32(19-37)16-26(36-42-32)38-12-10-31(3,11-13-38)30(39)41-5-2/h8-9,14-15,20H,4-7,10-13,16-19H2,1-3H3. The normalized spacial score (nSPS) is 21.1. The number of hydrogen-bond acceptors (Lipinski definition) is 7. The summed E-state index contributed by atoms with van der Waals surface area (Å²) >= 11 is 0. The lowest BCUT2D eigenvalue weighted by Gasteiger charge is -2.46. The molecule has 0 atom stereocenters. The summed E-state index contributed by atoms with van der Waals surface area (Å²) in [6, 6.07) is 5.20. The van der Waals surface area contributed by atoms with Crippen LogP contribution in [0.3, 0.4) is 0 Å². The molecule has 10 heteroatoms. The lowest BCUT2D eigenvalue weighted by molar-refractivity contribution is -0.156. The molecule has 7 nitrogen and oxygen atoms in total. The van der Waals surface area contributed by atoms with Gasteiger partial charge >= 0.3 is 5.97 Å². The summed E-state index contributed by atoms with van der Waals surface area (Å²) < 4.78 is 55.6. The zero-order valence-electron chi connectivity index (χ0n) is 24.5. The van der Waals surface area contributed by atoms with Gasteiger partial charge in [-0.25, -0.2) is 13.2 Å². The first-order chi connectivity index (χ1) is 20.1. The van der Waals surface area contributed by atoms with E-state index < -0.39 is 28.5 Å². The number of halogens is 3. The van der Waals surface area contributed by atoms with Crippen LogP contribution in [-0.4, -0.2) is 66.6 Å². The van der Waals surface area contributed by atoms with Crippen LogP contribution in [0.4, 0.5) is 13.2 Å². The predicted molar refractivity (Wildman–Crippen MR) is 152 cm³/mol. The van der Waals surface area contributed by atoms with Gasteiger partial charge < -0.3 is 19.2 Å². The summed E-state index contributed by atoms with van der Waals surface area (Å²) in [6.45, 7) is 9.39. The Hall–Kier alpha value is -3.27. The Bertz CT molecular complexity index is 1400. The van der Waals surface area contributed by atoms with Gasteiger partial charge in [-0.2, -0.15) is 0 Å². The van der Waals surface area contributed by atoms with Gasteiger partial charge in [0.05, 0.1) is 25.0 Å². The fourth-order valence-corrected chi connectivity index (χ4v) is 6.54. The van der Waals surface area contributed by atoms with Gasteiger partial charge in [-0.15, -0.1) is 0 Å². The van der Waals surface area contributed by atoms with Crippen LogP contribution in [0.25, 0.3) is 11.1 Å². The van der Waals surface area contributed by atoms with Crippen molar-refractivity contribution in [2.24, 2.45) is 10.6 Å². The molecular formula is C32H38F3N3O4. The minimum absolute atomic E-state index is 0.0514. The van der Waals surface area contributed by atoms with E-state index in [1.54, 1.807) is 6.92 Å². The summed E-state index contributed by atoms with van der Waals surface area (Å²) in [6.07, 6.45) is 3.90. The van der Waals surface area contributed by atoms with Gasteiger partial charge in [-0.05, 0) is 76.1 Å². The summed E-state index contributed by atoms with van der Waals surface area (Å²) in [5.41, 5.74) is 0.788. The molecular weight excluding hydrogens is 547 g/mol. The number of rotatable bonds is 8.